The molecule has 19 heavy (non-hydrogen) atoms. The first-order valence-corrected chi connectivity index (χ1v) is 8.18. The second-order valence-electron chi connectivity index (χ2n) is 5.20. The van der Waals surface area contributed by atoms with E-state index >= 15 is 0 Å². The average molecular weight is 346 g/mol. The van der Waals surface area contributed by atoms with Gasteiger partial charge in [0.1, 0.15) is 0 Å². The molecule has 2 atom stereocenters. The Morgan fingerprint density at radius 1 is 1.47 bits per heavy atom. The molecule has 1 aromatic carbocycles. The number of piperidine rings is 1. The van der Waals surface area contributed by atoms with Crippen molar-refractivity contribution >= 4 is 27.5 Å². The first-order chi connectivity index (χ1) is 9.17. The summed E-state index contributed by atoms with van der Waals surface area (Å²) in [5.41, 5.74) is 1.26. The van der Waals surface area contributed by atoms with Gasteiger partial charge in [-0.1, -0.05) is 34.5 Å². The summed E-state index contributed by atoms with van der Waals surface area (Å²) in [4.78, 5) is 2.55. The number of nitrogens with one attached hydrogen (secondary N) is 1. The summed E-state index contributed by atoms with van der Waals surface area (Å²) in [5.74, 6) is 0.630. The minimum atomic E-state index is 0.427. The molecule has 1 heterocycles. The number of benzene rings is 1. The van der Waals surface area contributed by atoms with Crippen molar-refractivity contribution in [1.29, 1.82) is 0 Å². The lowest BCUT2D eigenvalue weighted by atomic mass is 9.84. The lowest BCUT2D eigenvalue weighted by Crippen LogP contribution is -2.42. The van der Waals surface area contributed by atoms with E-state index in [4.69, 9.17) is 11.6 Å². The molecule has 1 aliphatic rings. The van der Waals surface area contributed by atoms with Gasteiger partial charge in [0, 0.05) is 15.5 Å². The SMILES string of the molecule is CCN1CCCC(CNC)C1c1cc(Br)ccc1Cl. The summed E-state index contributed by atoms with van der Waals surface area (Å²) in [6.07, 6.45) is 2.55. The Balaban J connectivity index is 2.36. The summed E-state index contributed by atoms with van der Waals surface area (Å²) < 4.78 is 1.11. The van der Waals surface area contributed by atoms with Crippen molar-refractivity contribution < 1.29 is 0 Å². The van der Waals surface area contributed by atoms with E-state index in [1.54, 1.807) is 0 Å². The van der Waals surface area contributed by atoms with Crippen LogP contribution < -0.4 is 5.32 Å². The van der Waals surface area contributed by atoms with E-state index in [0.29, 0.717) is 12.0 Å². The largest absolute Gasteiger partial charge is 0.319 e. The van der Waals surface area contributed by atoms with E-state index in [9.17, 15) is 0 Å². The van der Waals surface area contributed by atoms with Gasteiger partial charge in [0.05, 0.1) is 0 Å². The molecule has 1 N–H and O–H groups in total. The molecule has 1 fully saturated rings. The van der Waals surface area contributed by atoms with Crippen LogP contribution in [0.25, 0.3) is 0 Å². The second kappa shape index (κ2) is 7.07. The molecule has 1 aliphatic heterocycles. The van der Waals surface area contributed by atoms with Crippen LogP contribution in [0, 0.1) is 5.92 Å². The number of nitrogens with zero attached hydrogens (tertiary/aromatic N) is 1. The quantitative estimate of drug-likeness (QED) is 0.884. The highest BCUT2D eigenvalue weighted by Gasteiger charge is 2.32. The highest BCUT2D eigenvalue weighted by atomic mass is 79.9. The van der Waals surface area contributed by atoms with Gasteiger partial charge in [-0.3, -0.25) is 4.90 Å². The van der Waals surface area contributed by atoms with Crippen LogP contribution in [0.1, 0.15) is 31.4 Å². The summed E-state index contributed by atoms with van der Waals surface area (Å²) in [6.45, 7) is 5.53. The fourth-order valence-corrected chi connectivity index (χ4v) is 3.78. The van der Waals surface area contributed by atoms with Crippen LogP contribution in [0.15, 0.2) is 22.7 Å². The molecule has 1 saturated heterocycles. The molecule has 1 aromatic rings. The number of hydrogen-bond acceptors (Lipinski definition) is 2. The Morgan fingerprint density at radius 3 is 2.95 bits per heavy atom. The van der Waals surface area contributed by atoms with E-state index < -0.39 is 0 Å². The van der Waals surface area contributed by atoms with Gasteiger partial charge in [0.25, 0.3) is 0 Å². The Labute approximate surface area is 129 Å². The lowest BCUT2D eigenvalue weighted by molar-refractivity contribution is 0.0982. The van der Waals surface area contributed by atoms with Crippen molar-refractivity contribution in [3.63, 3.8) is 0 Å². The molecule has 2 nitrogen and oxygen atoms in total. The van der Waals surface area contributed by atoms with Gasteiger partial charge in [0.2, 0.25) is 0 Å². The third kappa shape index (κ3) is 3.52. The smallest absolute Gasteiger partial charge is 0.0454 e. The first kappa shape index (κ1) is 15.3. The average Bonchev–Trinajstić information content (AvgIpc) is 2.42. The van der Waals surface area contributed by atoms with Gasteiger partial charge in [-0.2, -0.15) is 0 Å². The maximum atomic E-state index is 6.45. The molecule has 4 heteroatoms. The van der Waals surface area contributed by atoms with E-state index in [1.807, 2.05) is 19.2 Å². The van der Waals surface area contributed by atoms with Crippen molar-refractivity contribution in [3.8, 4) is 0 Å². The van der Waals surface area contributed by atoms with E-state index in [-0.39, 0.29) is 0 Å². The van der Waals surface area contributed by atoms with Crippen LogP contribution in [0.5, 0.6) is 0 Å². The van der Waals surface area contributed by atoms with Gasteiger partial charge >= 0.3 is 0 Å². The number of halogens is 2. The van der Waals surface area contributed by atoms with Crippen LogP contribution in [0.3, 0.4) is 0 Å². The number of likely N-dealkylation sites (tertiary alicyclic amines) is 1. The second-order valence-corrected chi connectivity index (χ2v) is 6.52. The Kier molecular flexibility index (Phi) is 5.70. The van der Waals surface area contributed by atoms with Crippen molar-refractivity contribution in [3.05, 3.63) is 33.3 Å². The molecule has 0 spiro atoms. The van der Waals surface area contributed by atoms with Gasteiger partial charge in [-0.05, 0) is 69.2 Å². The van der Waals surface area contributed by atoms with Crippen molar-refractivity contribution in [2.75, 3.05) is 26.7 Å². The van der Waals surface area contributed by atoms with Crippen LogP contribution in [0.4, 0.5) is 0 Å². The summed E-state index contributed by atoms with van der Waals surface area (Å²) >= 11 is 10.0. The van der Waals surface area contributed by atoms with E-state index in [1.165, 1.54) is 24.9 Å². The minimum Gasteiger partial charge on any atom is -0.319 e. The standard InChI is InChI=1S/C15H22BrClN2/c1-3-19-8-4-5-11(10-18-2)15(19)13-9-12(16)6-7-14(13)17/h6-7,9,11,15,18H,3-5,8,10H2,1-2H3. The molecule has 106 valence electrons. The number of hydrogen-bond donors (Lipinski definition) is 1. The van der Waals surface area contributed by atoms with E-state index in [2.05, 4.69) is 39.1 Å². The molecule has 2 unspecified atom stereocenters. The van der Waals surface area contributed by atoms with Crippen molar-refractivity contribution in [2.45, 2.75) is 25.8 Å². The molecule has 0 aromatic heterocycles. The maximum absolute atomic E-state index is 6.45. The first-order valence-electron chi connectivity index (χ1n) is 7.01. The zero-order valence-corrected chi connectivity index (χ0v) is 14.0. The summed E-state index contributed by atoms with van der Waals surface area (Å²) in [5, 5.41) is 4.22. The van der Waals surface area contributed by atoms with Crippen LogP contribution in [0.2, 0.25) is 5.02 Å². The third-order valence-electron chi connectivity index (χ3n) is 4.01. The third-order valence-corrected chi connectivity index (χ3v) is 4.85. The van der Waals surface area contributed by atoms with Crippen LogP contribution >= 0.6 is 27.5 Å². The predicted molar refractivity (Wildman–Crippen MR) is 85.8 cm³/mol. The maximum Gasteiger partial charge on any atom is 0.0454 e. The molecular weight excluding hydrogens is 324 g/mol. The normalized spacial score (nSPS) is 24.6. The van der Waals surface area contributed by atoms with Crippen molar-refractivity contribution in [1.82, 2.24) is 10.2 Å². The molecule has 0 saturated carbocycles. The topological polar surface area (TPSA) is 15.3 Å². The van der Waals surface area contributed by atoms with Crippen LogP contribution in [-0.2, 0) is 0 Å². The monoisotopic (exact) mass is 344 g/mol. The number of rotatable bonds is 4. The highest BCUT2D eigenvalue weighted by Crippen LogP contribution is 2.39. The molecule has 2 rings (SSSR count). The molecule has 0 aliphatic carbocycles. The van der Waals surface area contributed by atoms with Crippen LogP contribution in [-0.4, -0.2) is 31.6 Å². The molecule has 0 radical (unpaired) electrons. The summed E-state index contributed by atoms with van der Waals surface area (Å²) in [6, 6.07) is 6.62. The zero-order chi connectivity index (χ0) is 13.8. The van der Waals surface area contributed by atoms with Gasteiger partial charge in [-0.25, -0.2) is 0 Å². The van der Waals surface area contributed by atoms with Gasteiger partial charge in [-0.15, -0.1) is 0 Å². The van der Waals surface area contributed by atoms with E-state index in [0.717, 1.165) is 22.6 Å². The van der Waals surface area contributed by atoms with Crippen molar-refractivity contribution in [2.24, 2.45) is 5.92 Å². The lowest BCUT2D eigenvalue weighted by Gasteiger charge is -2.41. The minimum absolute atomic E-state index is 0.427. The fourth-order valence-electron chi connectivity index (χ4n) is 3.17. The predicted octanol–water partition coefficient (Wildman–Crippen LogP) is 4.09. The zero-order valence-electron chi connectivity index (χ0n) is 11.6. The molecule has 0 bridgehead atoms. The highest BCUT2D eigenvalue weighted by molar-refractivity contribution is 9.10. The molecule has 0 amide bonds. The Hall–Kier alpha value is -0.0900. The Bertz CT molecular complexity index is 423. The summed E-state index contributed by atoms with van der Waals surface area (Å²) in [7, 11) is 2.03. The fraction of sp³-hybridized carbons (Fsp3) is 0.600. The van der Waals surface area contributed by atoms with Gasteiger partial charge in [0.15, 0.2) is 0 Å². The molecular formula is C15H22BrClN2. The van der Waals surface area contributed by atoms with Gasteiger partial charge < -0.3 is 5.32 Å². The Morgan fingerprint density at radius 2 is 2.26 bits per heavy atom.